The predicted octanol–water partition coefficient (Wildman–Crippen LogP) is 0.730. The number of nitrogens with zero attached hydrogens (tertiary/aromatic N) is 1. The number of nitrogens with one attached hydrogen (secondary N) is 1. The van der Waals surface area contributed by atoms with Crippen molar-refractivity contribution in [3.63, 3.8) is 0 Å². The molecule has 0 spiro atoms. The van der Waals surface area contributed by atoms with Crippen LogP contribution in [-0.2, 0) is 14.3 Å². The van der Waals surface area contributed by atoms with Gasteiger partial charge in [0.2, 0.25) is 5.91 Å². The fourth-order valence-corrected chi connectivity index (χ4v) is 1.92. The zero-order valence-electron chi connectivity index (χ0n) is 9.60. The van der Waals surface area contributed by atoms with Crippen LogP contribution >= 0.6 is 11.3 Å². The number of aromatic nitrogens is 1. The number of aliphatic carboxylic acids is 1. The van der Waals surface area contributed by atoms with Gasteiger partial charge in [-0.25, -0.2) is 9.78 Å². The van der Waals surface area contributed by atoms with E-state index in [0.29, 0.717) is 0 Å². The van der Waals surface area contributed by atoms with E-state index in [4.69, 9.17) is 5.11 Å². The summed E-state index contributed by atoms with van der Waals surface area (Å²) in [5.41, 5.74) is 0. The Hall–Kier alpha value is -1.47. The normalized spacial score (nSPS) is 12.1. The third-order valence-corrected chi connectivity index (χ3v) is 2.94. The first-order valence-corrected chi connectivity index (χ1v) is 5.82. The number of amides is 1. The van der Waals surface area contributed by atoms with Crippen LogP contribution in [0.2, 0.25) is 0 Å². The Kier molecular flexibility index (Phi) is 5.05. The van der Waals surface area contributed by atoms with Gasteiger partial charge in [-0.05, 0) is 13.8 Å². The molecular weight excluding hydrogens is 244 g/mol. The number of carboxylic acid groups (broad SMARTS) is 1. The molecule has 0 aromatic carbocycles. The van der Waals surface area contributed by atoms with Crippen LogP contribution in [-0.4, -0.2) is 35.2 Å². The maximum atomic E-state index is 11.4. The molecule has 1 atom stereocenters. The monoisotopic (exact) mass is 258 g/mol. The maximum absolute atomic E-state index is 11.4. The van der Waals surface area contributed by atoms with E-state index in [1.54, 1.807) is 6.20 Å². The lowest BCUT2D eigenvalue weighted by molar-refractivity contribution is -0.143. The highest BCUT2D eigenvalue weighted by Crippen LogP contribution is 2.18. The van der Waals surface area contributed by atoms with Crippen LogP contribution in [0.4, 0.5) is 0 Å². The number of thiazole rings is 1. The molecule has 6 nitrogen and oxygen atoms in total. The molecule has 1 aromatic heterocycles. The molecule has 0 fully saturated rings. The first kappa shape index (κ1) is 13.6. The largest absolute Gasteiger partial charge is 0.480 e. The zero-order valence-corrected chi connectivity index (χ0v) is 10.4. The average Bonchev–Trinajstić information content (AvgIpc) is 2.64. The van der Waals surface area contributed by atoms with Crippen molar-refractivity contribution < 1.29 is 19.4 Å². The van der Waals surface area contributed by atoms with Crippen molar-refractivity contribution >= 4 is 23.2 Å². The van der Waals surface area contributed by atoms with Gasteiger partial charge in [0.15, 0.2) is 0 Å². The molecule has 2 N–H and O–H groups in total. The number of carbonyl (C=O) groups is 2. The summed E-state index contributed by atoms with van der Waals surface area (Å²) in [7, 11) is 0. The van der Waals surface area contributed by atoms with Crippen molar-refractivity contribution in [2.45, 2.75) is 19.9 Å². The number of hydrogen-bond acceptors (Lipinski definition) is 5. The Morgan fingerprint density at radius 3 is 2.82 bits per heavy atom. The Bertz CT molecular complexity index is 405. The summed E-state index contributed by atoms with van der Waals surface area (Å²) < 4.78 is 4.67. The Labute approximate surface area is 103 Å². The van der Waals surface area contributed by atoms with E-state index in [2.05, 4.69) is 15.0 Å². The van der Waals surface area contributed by atoms with E-state index < -0.39 is 12.6 Å². The molecule has 1 amide bonds. The van der Waals surface area contributed by atoms with Gasteiger partial charge in [-0.3, -0.25) is 4.79 Å². The van der Waals surface area contributed by atoms with Gasteiger partial charge in [-0.2, -0.15) is 0 Å². The maximum Gasteiger partial charge on any atom is 0.329 e. The summed E-state index contributed by atoms with van der Waals surface area (Å²) in [4.78, 5) is 26.7. The van der Waals surface area contributed by atoms with Crippen molar-refractivity contribution in [1.82, 2.24) is 10.3 Å². The Morgan fingerprint density at radius 1 is 1.59 bits per heavy atom. The van der Waals surface area contributed by atoms with Crippen LogP contribution in [0.3, 0.4) is 0 Å². The highest BCUT2D eigenvalue weighted by atomic mass is 32.1. The van der Waals surface area contributed by atoms with Gasteiger partial charge in [-0.15, -0.1) is 11.3 Å². The van der Waals surface area contributed by atoms with Crippen molar-refractivity contribution in [3.8, 4) is 0 Å². The van der Waals surface area contributed by atoms with Crippen LogP contribution in [0.1, 0.15) is 22.9 Å². The van der Waals surface area contributed by atoms with Gasteiger partial charge in [0.05, 0.1) is 6.04 Å². The van der Waals surface area contributed by atoms with Crippen LogP contribution in [0.25, 0.3) is 0 Å². The summed E-state index contributed by atoms with van der Waals surface area (Å²) in [6.45, 7) is 3.01. The van der Waals surface area contributed by atoms with E-state index in [1.807, 2.05) is 13.8 Å². The first-order valence-electron chi connectivity index (χ1n) is 5.00. The predicted molar refractivity (Wildman–Crippen MR) is 61.9 cm³/mol. The topological polar surface area (TPSA) is 88.5 Å². The highest BCUT2D eigenvalue weighted by Gasteiger charge is 2.12. The molecule has 0 saturated heterocycles. The van der Waals surface area contributed by atoms with Gasteiger partial charge in [0.25, 0.3) is 0 Å². The van der Waals surface area contributed by atoms with E-state index in [0.717, 1.165) is 9.88 Å². The lowest BCUT2D eigenvalue weighted by Crippen LogP contribution is -2.30. The SMILES string of the molecule is Cc1cnc(C(C)NC(=O)COCC(=O)O)s1. The second kappa shape index (κ2) is 6.31. The molecule has 0 aliphatic carbocycles. The van der Waals surface area contributed by atoms with E-state index in [-0.39, 0.29) is 18.6 Å². The number of ether oxygens (including phenoxy) is 1. The summed E-state index contributed by atoms with van der Waals surface area (Å²) in [5, 5.41) is 11.8. The van der Waals surface area contributed by atoms with E-state index in [1.165, 1.54) is 11.3 Å². The van der Waals surface area contributed by atoms with Crippen molar-refractivity contribution in [2.24, 2.45) is 0 Å². The van der Waals surface area contributed by atoms with Crippen LogP contribution < -0.4 is 5.32 Å². The third-order valence-electron chi connectivity index (χ3n) is 1.85. The molecule has 0 aliphatic heterocycles. The second-order valence-electron chi connectivity index (χ2n) is 3.48. The number of carbonyl (C=O) groups excluding carboxylic acids is 1. The second-order valence-corrected chi connectivity index (χ2v) is 4.75. The van der Waals surface area contributed by atoms with Gasteiger partial charge < -0.3 is 15.2 Å². The lowest BCUT2D eigenvalue weighted by atomic mass is 10.3. The molecule has 1 heterocycles. The molecule has 0 saturated carbocycles. The zero-order chi connectivity index (χ0) is 12.8. The minimum absolute atomic E-state index is 0.199. The number of aryl methyl sites for hydroxylation is 1. The number of rotatable bonds is 6. The van der Waals surface area contributed by atoms with Crippen molar-refractivity contribution in [3.05, 3.63) is 16.1 Å². The Morgan fingerprint density at radius 2 is 2.29 bits per heavy atom. The lowest BCUT2D eigenvalue weighted by Gasteiger charge is -2.10. The summed E-state index contributed by atoms with van der Waals surface area (Å²) >= 11 is 1.51. The van der Waals surface area contributed by atoms with Gasteiger partial charge in [-0.1, -0.05) is 0 Å². The summed E-state index contributed by atoms with van der Waals surface area (Å²) in [5.74, 6) is -1.45. The molecule has 1 aromatic rings. The fraction of sp³-hybridized carbons (Fsp3) is 0.500. The first-order chi connectivity index (χ1) is 7.99. The standard InChI is InChI=1S/C10H14N2O4S/c1-6-3-11-10(17-6)7(2)12-8(13)4-16-5-9(14)15/h3,7H,4-5H2,1-2H3,(H,12,13)(H,14,15). The summed E-state index contributed by atoms with van der Waals surface area (Å²) in [6, 6.07) is -0.199. The average molecular weight is 258 g/mol. The number of carboxylic acids is 1. The van der Waals surface area contributed by atoms with Crippen LogP contribution in [0.15, 0.2) is 6.20 Å². The van der Waals surface area contributed by atoms with Crippen molar-refractivity contribution in [2.75, 3.05) is 13.2 Å². The minimum Gasteiger partial charge on any atom is -0.480 e. The van der Waals surface area contributed by atoms with Crippen molar-refractivity contribution in [1.29, 1.82) is 0 Å². The molecule has 1 rings (SSSR count). The molecule has 0 bridgehead atoms. The highest BCUT2D eigenvalue weighted by molar-refractivity contribution is 7.11. The van der Waals surface area contributed by atoms with Gasteiger partial charge in [0.1, 0.15) is 18.2 Å². The molecule has 7 heteroatoms. The van der Waals surface area contributed by atoms with E-state index in [9.17, 15) is 9.59 Å². The summed E-state index contributed by atoms with van der Waals surface area (Å²) in [6.07, 6.45) is 1.74. The number of hydrogen-bond donors (Lipinski definition) is 2. The smallest absolute Gasteiger partial charge is 0.329 e. The molecule has 94 valence electrons. The van der Waals surface area contributed by atoms with Crippen LogP contribution in [0, 0.1) is 6.92 Å². The van der Waals surface area contributed by atoms with Crippen LogP contribution in [0.5, 0.6) is 0 Å². The molecule has 1 unspecified atom stereocenters. The minimum atomic E-state index is -1.10. The molecule has 0 radical (unpaired) electrons. The third kappa shape index (κ3) is 4.92. The fourth-order valence-electron chi connectivity index (χ4n) is 1.15. The molecular formula is C10H14N2O4S. The molecule has 17 heavy (non-hydrogen) atoms. The van der Waals surface area contributed by atoms with E-state index >= 15 is 0 Å². The van der Waals surface area contributed by atoms with Gasteiger partial charge >= 0.3 is 5.97 Å². The van der Waals surface area contributed by atoms with Gasteiger partial charge in [0, 0.05) is 11.1 Å². The quantitative estimate of drug-likeness (QED) is 0.785. The molecule has 0 aliphatic rings. The Balaban J connectivity index is 2.33.